The largest absolute Gasteiger partial charge is 0.390 e. The highest BCUT2D eigenvalue weighted by atomic mass is 17.1. The molecule has 0 aromatic carbocycles. The Morgan fingerprint density at radius 3 is 2.50 bits per heavy atom. The smallest absolute Gasteiger partial charge is 0.118 e. The van der Waals surface area contributed by atoms with Crippen molar-refractivity contribution >= 4 is 0 Å². The number of hydrogen-bond donors (Lipinski definition) is 2. The van der Waals surface area contributed by atoms with Crippen LogP contribution >= 0.6 is 0 Å². The van der Waals surface area contributed by atoms with Crippen molar-refractivity contribution in [3.05, 3.63) is 0 Å². The van der Waals surface area contributed by atoms with Gasteiger partial charge in [0.25, 0.3) is 0 Å². The van der Waals surface area contributed by atoms with Gasteiger partial charge in [-0.2, -0.15) is 0 Å². The summed E-state index contributed by atoms with van der Waals surface area (Å²) in [5.74, 6) is 0. The van der Waals surface area contributed by atoms with Gasteiger partial charge in [-0.3, -0.25) is 5.26 Å². The SMILES string of the molecule is OOC1CCCCCC1O. The van der Waals surface area contributed by atoms with Crippen LogP contribution in [-0.4, -0.2) is 22.6 Å². The fourth-order valence-electron chi connectivity index (χ4n) is 1.38. The third-order valence-corrected chi connectivity index (χ3v) is 2.05. The second kappa shape index (κ2) is 3.91. The fourth-order valence-corrected chi connectivity index (χ4v) is 1.38. The molecule has 10 heavy (non-hydrogen) atoms. The van der Waals surface area contributed by atoms with Gasteiger partial charge in [-0.15, -0.1) is 0 Å². The third kappa shape index (κ3) is 1.94. The van der Waals surface area contributed by atoms with Gasteiger partial charge in [0.05, 0.1) is 6.10 Å². The summed E-state index contributed by atoms with van der Waals surface area (Å²) in [6.45, 7) is 0. The van der Waals surface area contributed by atoms with E-state index in [9.17, 15) is 5.11 Å². The minimum Gasteiger partial charge on any atom is -0.390 e. The number of aliphatic hydroxyl groups excluding tert-OH is 1. The highest BCUT2D eigenvalue weighted by molar-refractivity contribution is 4.71. The van der Waals surface area contributed by atoms with Gasteiger partial charge in [0.1, 0.15) is 6.10 Å². The molecule has 0 heterocycles. The Morgan fingerprint density at radius 2 is 1.80 bits per heavy atom. The van der Waals surface area contributed by atoms with E-state index in [0.717, 1.165) is 32.1 Å². The van der Waals surface area contributed by atoms with E-state index >= 15 is 0 Å². The van der Waals surface area contributed by atoms with Crippen molar-refractivity contribution in [1.82, 2.24) is 0 Å². The lowest BCUT2D eigenvalue weighted by atomic mass is 10.1. The van der Waals surface area contributed by atoms with Crippen LogP contribution in [0.5, 0.6) is 0 Å². The molecule has 2 N–H and O–H groups in total. The average molecular weight is 146 g/mol. The van der Waals surface area contributed by atoms with E-state index < -0.39 is 6.10 Å². The molecule has 0 spiro atoms. The molecule has 3 heteroatoms. The Balaban J connectivity index is 2.35. The van der Waals surface area contributed by atoms with Crippen molar-refractivity contribution in [3.63, 3.8) is 0 Å². The molecule has 0 radical (unpaired) electrons. The first-order chi connectivity index (χ1) is 4.84. The van der Waals surface area contributed by atoms with E-state index in [0.29, 0.717) is 0 Å². The predicted molar refractivity (Wildman–Crippen MR) is 36.6 cm³/mol. The molecule has 0 aromatic rings. The monoisotopic (exact) mass is 146 g/mol. The van der Waals surface area contributed by atoms with Crippen molar-refractivity contribution in [3.8, 4) is 0 Å². The average Bonchev–Trinajstić information content (AvgIpc) is 2.13. The van der Waals surface area contributed by atoms with Gasteiger partial charge in [0.15, 0.2) is 0 Å². The molecule has 2 atom stereocenters. The van der Waals surface area contributed by atoms with Crippen LogP contribution in [0.2, 0.25) is 0 Å². The van der Waals surface area contributed by atoms with Crippen LogP contribution in [0, 0.1) is 0 Å². The van der Waals surface area contributed by atoms with Gasteiger partial charge >= 0.3 is 0 Å². The van der Waals surface area contributed by atoms with Crippen LogP contribution in [0.1, 0.15) is 32.1 Å². The second-order valence-corrected chi connectivity index (χ2v) is 2.85. The Hall–Kier alpha value is -0.120. The zero-order chi connectivity index (χ0) is 7.40. The lowest BCUT2D eigenvalue weighted by molar-refractivity contribution is -0.297. The summed E-state index contributed by atoms with van der Waals surface area (Å²) in [5, 5.41) is 17.6. The molecule has 1 fully saturated rings. The van der Waals surface area contributed by atoms with Crippen LogP contribution in [0.3, 0.4) is 0 Å². The summed E-state index contributed by atoms with van der Waals surface area (Å²) in [5.41, 5.74) is 0. The van der Waals surface area contributed by atoms with Gasteiger partial charge in [-0.05, 0) is 12.8 Å². The molecule has 1 aliphatic carbocycles. The van der Waals surface area contributed by atoms with Crippen LogP contribution in [0.15, 0.2) is 0 Å². The highest BCUT2D eigenvalue weighted by Crippen LogP contribution is 2.19. The van der Waals surface area contributed by atoms with Crippen LogP contribution in [-0.2, 0) is 4.89 Å². The molecule has 1 aliphatic rings. The highest BCUT2D eigenvalue weighted by Gasteiger charge is 2.21. The molecule has 0 aromatic heterocycles. The Kier molecular flexibility index (Phi) is 3.12. The predicted octanol–water partition coefficient (Wildman–Crippen LogP) is 1.17. The van der Waals surface area contributed by atoms with Gasteiger partial charge < -0.3 is 5.11 Å². The van der Waals surface area contributed by atoms with Crippen LogP contribution in [0.4, 0.5) is 0 Å². The van der Waals surface area contributed by atoms with Crippen molar-refractivity contribution in [2.24, 2.45) is 0 Å². The molecule has 0 aliphatic heterocycles. The fraction of sp³-hybridized carbons (Fsp3) is 1.00. The van der Waals surface area contributed by atoms with Crippen molar-refractivity contribution in [2.75, 3.05) is 0 Å². The molecule has 0 bridgehead atoms. The lowest BCUT2D eigenvalue weighted by Gasteiger charge is -2.15. The van der Waals surface area contributed by atoms with Crippen molar-refractivity contribution in [1.29, 1.82) is 0 Å². The van der Waals surface area contributed by atoms with E-state index in [-0.39, 0.29) is 6.10 Å². The number of aliphatic hydroxyl groups is 1. The van der Waals surface area contributed by atoms with Gasteiger partial charge in [-0.25, -0.2) is 4.89 Å². The molecule has 60 valence electrons. The van der Waals surface area contributed by atoms with Crippen LogP contribution in [0.25, 0.3) is 0 Å². The maximum atomic E-state index is 9.26. The molecule has 2 unspecified atom stereocenters. The molecule has 1 rings (SSSR count). The van der Waals surface area contributed by atoms with Gasteiger partial charge in [-0.1, -0.05) is 19.3 Å². The molecule has 0 saturated heterocycles. The van der Waals surface area contributed by atoms with Gasteiger partial charge in [0, 0.05) is 0 Å². The number of rotatable bonds is 1. The first-order valence-corrected chi connectivity index (χ1v) is 3.83. The zero-order valence-electron chi connectivity index (χ0n) is 5.99. The molecule has 3 nitrogen and oxygen atoms in total. The van der Waals surface area contributed by atoms with E-state index in [1.807, 2.05) is 0 Å². The van der Waals surface area contributed by atoms with E-state index in [2.05, 4.69) is 4.89 Å². The summed E-state index contributed by atoms with van der Waals surface area (Å²) in [6, 6.07) is 0. The minimum atomic E-state index is -0.465. The standard InChI is InChI=1S/C7H14O3/c8-6-4-2-1-3-5-7(6)10-9/h6-9H,1-5H2. The molecular weight excluding hydrogens is 132 g/mol. The minimum absolute atomic E-state index is 0.345. The normalized spacial score (nSPS) is 35.4. The van der Waals surface area contributed by atoms with Crippen molar-refractivity contribution in [2.45, 2.75) is 44.3 Å². The Morgan fingerprint density at radius 1 is 1.10 bits per heavy atom. The summed E-state index contributed by atoms with van der Waals surface area (Å²) >= 11 is 0. The maximum absolute atomic E-state index is 9.26. The summed E-state index contributed by atoms with van der Waals surface area (Å²) in [6.07, 6.45) is 3.94. The second-order valence-electron chi connectivity index (χ2n) is 2.85. The Bertz CT molecular complexity index is 94.9. The van der Waals surface area contributed by atoms with E-state index in [4.69, 9.17) is 5.26 Å². The topological polar surface area (TPSA) is 49.7 Å². The summed E-state index contributed by atoms with van der Waals surface area (Å²) in [7, 11) is 0. The quantitative estimate of drug-likeness (QED) is 0.331. The molecular formula is C7H14O3. The summed E-state index contributed by atoms with van der Waals surface area (Å²) < 4.78 is 0. The first kappa shape index (κ1) is 7.98. The molecule has 0 amide bonds. The van der Waals surface area contributed by atoms with Gasteiger partial charge in [0.2, 0.25) is 0 Å². The summed E-state index contributed by atoms with van der Waals surface area (Å²) in [4.78, 5) is 4.13. The zero-order valence-corrected chi connectivity index (χ0v) is 5.99. The van der Waals surface area contributed by atoms with E-state index in [1.54, 1.807) is 0 Å². The first-order valence-electron chi connectivity index (χ1n) is 3.83. The van der Waals surface area contributed by atoms with E-state index in [1.165, 1.54) is 0 Å². The number of hydrogen-bond acceptors (Lipinski definition) is 3. The maximum Gasteiger partial charge on any atom is 0.118 e. The van der Waals surface area contributed by atoms with Crippen molar-refractivity contribution < 1.29 is 15.3 Å². The lowest BCUT2D eigenvalue weighted by Crippen LogP contribution is -2.26. The van der Waals surface area contributed by atoms with Crippen LogP contribution < -0.4 is 0 Å². The third-order valence-electron chi connectivity index (χ3n) is 2.05. The Labute approximate surface area is 60.6 Å². The molecule has 1 saturated carbocycles.